The van der Waals surface area contributed by atoms with Gasteiger partial charge in [-0.3, -0.25) is 0 Å². The van der Waals surface area contributed by atoms with Crippen LogP contribution in [0.25, 0.3) is 0 Å². The van der Waals surface area contributed by atoms with Crippen LogP contribution in [0.2, 0.25) is 0 Å². The summed E-state index contributed by atoms with van der Waals surface area (Å²) in [7, 11) is 0. The van der Waals surface area contributed by atoms with Crippen molar-refractivity contribution in [3.05, 3.63) is 35.9 Å². The summed E-state index contributed by atoms with van der Waals surface area (Å²) in [5, 5.41) is 0. The Labute approximate surface area is 105 Å². The minimum absolute atomic E-state index is 0.318. The SMILES string of the molecule is CC(C)CCCC(N)C1(c2ccccc2)CC1. The molecule has 0 radical (unpaired) electrons. The fourth-order valence-corrected chi connectivity index (χ4v) is 2.80. The molecule has 1 nitrogen and oxygen atoms in total. The van der Waals surface area contributed by atoms with Crippen molar-refractivity contribution in [2.24, 2.45) is 11.7 Å². The summed E-state index contributed by atoms with van der Waals surface area (Å²) in [6.07, 6.45) is 6.30. The molecule has 1 aromatic rings. The van der Waals surface area contributed by atoms with Crippen LogP contribution in [-0.2, 0) is 5.41 Å². The van der Waals surface area contributed by atoms with Crippen molar-refractivity contribution >= 4 is 0 Å². The molecule has 1 aliphatic rings. The van der Waals surface area contributed by atoms with Crippen molar-refractivity contribution in [2.75, 3.05) is 0 Å². The molecule has 1 aliphatic carbocycles. The molecule has 0 amide bonds. The minimum Gasteiger partial charge on any atom is -0.327 e. The van der Waals surface area contributed by atoms with Crippen LogP contribution in [0.4, 0.5) is 0 Å². The molecule has 2 N–H and O–H groups in total. The molecular formula is C16H25N. The highest BCUT2D eigenvalue weighted by Gasteiger charge is 2.48. The van der Waals surface area contributed by atoms with Crippen LogP contribution in [0.1, 0.15) is 51.5 Å². The molecule has 17 heavy (non-hydrogen) atoms. The Hall–Kier alpha value is -0.820. The molecule has 0 aromatic heterocycles. The fraction of sp³-hybridized carbons (Fsp3) is 0.625. The van der Waals surface area contributed by atoms with E-state index in [0.717, 1.165) is 5.92 Å². The van der Waals surface area contributed by atoms with Gasteiger partial charge in [-0.2, -0.15) is 0 Å². The van der Waals surface area contributed by atoms with E-state index in [1.807, 2.05) is 0 Å². The lowest BCUT2D eigenvalue weighted by molar-refractivity contribution is 0.438. The zero-order valence-electron chi connectivity index (χ0n) is 11.2. The second-order valence-corrected chi connectivity index (χ2v) is 5.95. The quantitative estimate of drug-likeness (QED) is 0.790. The molecule has 0 heterocycles. The number of nitrogens with two attached hydrogens (primary N) is 1. The van der Waals surface area contributed by atoms with Gasteiger partial charge in [0.2, 0.25) is 0 Å². The smallest absolute Gasteiger partial charge is 0.0136 e. The largest absolute Gasteiger partial charge is 0.327 e. The van der Waals surface area contributed by atoms with E-state index in [9.17, 15) is 0 Å². The van der Waals surface area contributed by atoms with E-state index < -0.39 is 0 Å². The second-order valence-electron chi connectivity index (χ2n) is 5.95. The maximum absolute atomic E-state index is 6.43. The molecule has 1 saturated carbocycles. The Bertz CT molecular complexity index is 338. The third-order valence-electron chi connectivity index (χ3n) is 4.14. The van der Waals surface area contributed by atoms with Crippen LogP contribution in [0.5, 0.6) is 0 Å². The van der Waals surface area contributed by atoms with Gasteiger partial charge in [-0.1, -0.05) is 57.0 Å². The predicted octanol–water partition coefficient (Wildman–Crippen LogP) is 3.87. The van der Waals surface area contributed by atoms with Gasteiger partial charge in [-0.15, -0.1) is 0 Å². The molecule has 1 fully saturated rings. The van der Waals surface area contributed by atoms with E-state index in [4.69, 9.17) is 5.73 Å². The van der Waals surface area contributed by atoms with Crippen LogP contribution in [-0.4, -0.2) is 6.04 Å². The van der Waals surface area contributed by atoms with Crippen LogP contribution < -0.4 is 5.73 Å². The number of hydrogen-bond acceptors (Lipinski definition) is 1. The van der Waals surface area contributed by atoms with Gasteiger partial charge in [0.1, 0.15) is 0 Å². The molecule has 0 aliphatic heterocycles. The fourth-order valence-electron chi connectivity index (χ4n) is 2.80. The third kappa shape index (κ3) is 2.90. The van der Waals surface area contributed by atoms with Crippen molar-refractivity contribution in [2.45, 2.75) is 57.4 Å². The summed E-state index contributed by atoms with van der Waals surface area (Å²) in [5.74, 6) is 0.800. The van der Waals surface area contributed by atoms with E-state index in [0.29, 0.717) is 11.5 Å². The van der Waals surface area contributed by atoms with Crippen molar-refractivity contribution in [1.29, 1.82) is 0 Å². The number of benzene rings is 1. The average molecular weight is 231 g/mol. The normalized spacial score (nSPS) is 19.3. The summed E-state index contributed by atoms with van der Waals surface area (Å²) in [4.78, 5) is 0. The first-order valence-electron chi connectivity index (χ1n) is 6.96. The van der Waals surface area contributed by atoms with Gasteiger partial charge in [0, 0.05) is 11.5 Å². The Morgan fingerprint density at radius 3 is 2.29 bits per heavy atom. The first-order chi connectivity index (χ1) is 8.15. The Kier molecular flexibility index (Phi) is 3.88. The van der Waals surface area contributed by atoms with Crippen LogP contribution in [0, 0.1) is 5.92 Å². The first kappa shape index (κ1) is 12.6. The Morgan fingerprint density at radius 2 is 1.76 bits per heavy atom. The molecule has 94 valence electrons. The van der Waals surface area contributed by atoms with Gasteiger partial charge >= 0.3 is 0 Å². The first-order valence-corrected chi connectivity index (χ1v) is 6.96. The van der Waals surface area contributed by atoms with Crippen LogP contribution in [0.15, 0.2) is 30.3 Å². The third-order valence-corrected chi connectivity index (χ3v) is 4.14. The number of hydrogen-bond donors (Lipinski definition) is 1. The van der Waals surface area contributed by atoms with Crippen LogP contribution >= 0.6 is 0 Å². The molecule has 1 aromatic carbocycles. The molecule has 2 rings (SSSR count). The molecule has 1 heteroatoms. The van der Waals surface area contributed by atoms with E-state index in [2.05, 4.69) is 44.2 Å². The zero-order valence-corrected chi connectivity index (χ0v) is 11.2. The molecule has 0 bridgehead atoms. The summed E-state index contributed by atoms with van der Waals surface area (Å²) in [6.45, 7) is 4.57. The minimum atomic E-state index is 0.318. The average Bonchev–Trinajstić information content (AvgIpc) is 3.11. The van der Waals surface area contributed by atoms with Gasteiger partial charge in [0.05, 0.1) is 0 Å². The van der Waals surface area contributed by atoms with Gasteiger partial charge < -0.3 is 5.73 Å². The highest BCUT2D eigenvalue weighted by Crippen LogP contribution is 2.51. The molecule has 1 unspecified atom stereocenters. The lowest BCUT2D eigenvalue weighted by Gasteiger charge is -2.24. The summed E-state index contributed by atoms with van der Waals surface area (Å²) < 4.78 is 0. The lowest BCUT2D eigenvalue weighted by atomic mass is 9.85. The van der Waals surface area contributed by atoms with Crippen LogP contribution in [0.3, 0.4) is 0 Å². The van der Waals surface area contributed by atoms with E-state index in [-0.39, 0.29) is 0 Å². The number of rotatable bonds is 6. The van der Waals surface area contributed by atoms with Crippen molar-refractivity contribution in [1.82, 2.24) is 0 Å². The standard InChI is InChI=1S/C16H25N/c1-13(2)7-6-10-15(17)16(11-12-16)14-8-4-3-5-9-14/h3-5,8-9,13,15H,6-7,10-12,17H2,1-2H3. The highest BCUT2D eigenvalue weighted by molar-refractivity contribution is 5.33. The second kappa shape index (κ2) is 5.22. The van der Waals surface area contributed by atoms with E-state index in [1.54, 1.807) is 0 Å². The topological polar surface area (TPSA) is 26.0 Å². The molecular weight excluding hydrogens is 206 g/mol. The predicted molar refractivity (Wildman–Crippen MR) is 74.0 cm³/mol. The molecule has 0 spiro atoms. The summed E-state index contributed by atoms with van der Waals surface area (Å²) >= 11 is 0. The maximum atomic E-state index is 6.43. The van der Waals surface area contributed by atoms with Crippen molar-refractivity contribution < 1.29 is 0 Å². The lowest BCUT2D eigenvalue weighted by Crippen LogP contribution is -2.34. The Balaban J connectivity index is 1.93. The van der Waals surface area contributed by atoms with Crippen molar-refractivity contribution in [3.8, 4) is 0 Å². The van der Waals surface area contributed by atoms with E-state index in [1.165, 1.54) is 37.7 Å². The van der Waals surface area contributed by atoms with Gasteiger partial charge in [0.15, 0.2) is 0 Å². The van der Waals surface area contributed by atoms with E-state index >= 15 is 0 Å². The van der Waals surface area contributed by atoms with Gasteiger partial charge in [-0.25, -0.2) is 0 Å². The summed E-state index contributed by atoms with van der Waals surface area (Å²) in [6, 6.07) is 11.2. The van der Waals surface area contributed by atoms with Gasteiger partial charge in [0.25, 0.3) is 0 Å². The van der Waals surface area contributed by atoms with Gasteiger partial charge in [-0.05, 0) is 30.7 Å². The Morgan fingerprint density at radius 1 is 1.12 bits per heavy atom. The molecule has 0 saturated heterocycles. The molecule has 1 atom stereocenters. The highest BCUT2D eigenvalue weighted by atomic mass is 14.7. The summed E-state index contributed by atoms with van der Waals surface area (Å²) in [5.41, 5.74) is 8.21. The zero-order chi connectivity index (χ0) is 12.3. The van der Waals surface area contributed by atoms with Crippen molar-refractivity contribution in [3.63, 3.8) is 0 Å². The monoisotopic (exact) mass is 231 g/mol. The maximum Gasteiger partial charge on any atom is 0.0136 e.